The molecule has 1 aliphatic rings. The van der Waals surface area contributed by atoms with Crippen molar-refractivity contribution in [3.63, 3.8) is 0 Å². The number of carbonyl (C=O) groups is 1. The van der Waals surface area contributed by atoms with E-state index in [0.717, 1.165) is 31.4 Å². The highest BCUT2D eigenvalue weighted by Gasteiger charge is 2.16. The van der Waals surface area contributed by atoms with Crippen LogP contribution in [0.15, 0.2) is 24.3 Å². The van der Waals surface area contributed by atoms with Gasteiger partial charge in [-0.1, -0.05) is 32.9 Å². The lowest BCUT2D eigenvalue weighted by Gasteiger charge is -2.19. The van der Waals surface area contributed by atoms with Gasteiger partial charge in [0.25, 0.3) is 5.91 Å². The number of ether oxygens (including phenoxy) is 1. The van der Waals surface area contributed by atoms with Gasteiger partial charge in [-0.2, -0.15) is 0 Å². The normalized spacial score (nSPS) is 19.1. The fourth-order valence-electron chi connectivity index (χ4n) is 2.44. The third-order valence-corrected chi connectivity index (χ3v) is 3.79. The largest absolute Gasteiger partial charge is 0.378 e. The van der Waals surface area contributed by atoms with Gasteiger partial charge in [0.2, 0.25) is 0 Å². The highest BCUT2D eigenvalue weighted by Crippen LogP contribution is 2.22. The Morgan fingerprint density at radius 1 is 1.30 bits per heavy atom. The minimum atomic E-state index is 0.00320. The van der Waals surface area contributed by atoms with Crippen LogP contribution in [0.3, 0.4) is 0 Å². The van der Waals surface area contributed by atoms with Crippen LogP contribution in [0.25, 0.3) is 0 Å². The molecule has 0 saturated carbocycles. The van der Waals surface area contributed by atoms with Crippen LogP contribution in [0.5, 0.6) is 0 Å². The number of nitrogens with one attached hydrogen (secondary N) is 1. The molecule has 1 saturated heterocycles. The van der Waals surface area contributed by atoms with Gasteiger partial charge in [-0.25, -0.2) is 0 Å². The van der Waals surface area contributed by atoms with E-state index in [1.165, 1.54) is 5.56 Å². The molecule has 3 nitrogen and oxygen atoms in total. The second-order valence-electron chi connectivity index (χ2n) is 6.51. The van der Waals surface area contributed by atoms with Crippen molar-refractivity contribution >= 4 is 5.91 Å². The van der Waals surface area contributed by atoms with Crippen LogP contribution in [0.2, 0.25) is 0 Å². The highest BCUT2D eigenvalue weighted by atomic mass is 16.5. The van der Waals surface area contributed by atoms with Gasteiger partial charge < -0.3 is 10.1 Å². The first kappa shape index (κ1) is 15.0. The van der Waals surface area contributed by atoms with Crippen LogP contribution in [-0.4, -0.2) is 25.2 Å². The topological polar surface area (TPSA) is 38.3 Å². The summed E-state index contributed by atoms with van der Waals surface area (Å²) in [6.45, 7) is 8.06. The molecule has 1 aliphatic heterocycles. The summed E-state index contributed by atoms with van der Waals surface area (Å²) in [5, 5.41) is 2.97. The van der Waals surface area contributed by atoms with Gasteiger partial charge in [0.05, 0.1) is 6.10 Å². The van der Waals surface area contributed by atoms with Crippen molar-refractivity contribution < 1.29 is 9.53 Å². The lowest BCUT2D eigenvalue weighted by atomic mass is 9.87. The molecule has 1 aromatic carbocycles. The minimum Gasteiger partial charge on any atom is -0.378 e. The molecule has 2 rings (SSSR count). The maximum Gasteiger partial charge on any atom is 0.251 e. The van der Waals surface area contributed by atoms with Gasteiger partial charge in [-0.15, -0.1) is 0 Å². The van der Waals surface area contributed by atoms with Gasteiger partial charge in [0.1, 0.15) is 0 Å². The Balaban J connectivity index is 1.82. The van der Waals surface area contributed by atoms with Gasteiger partial charge in [-0.05, 0) is 42.4 Å². The summed E-state index contributed by atoms with van der Waals surface area (Å²) in [6.07, 6.45) is 3.51. The van der Waals surface area contributed by atoms with E-state index in [9.17, 15) is 4.79 Å². The molecule has 1 aromatic rings. The van der Waals surface area contributed by atoms with Gasteiger partial charge >= 0.3 is 0 Å². The summed E-state index contributed by atoms with van der Waals surface area (Å²) in [5.74, 6) is 0.00320. The first-order valence-corrected chi connectivity index (χ1v) is 7.47. The van der Waals surface area contributed by atoms with E-state index in [4.69, 9.17) is 4.74 Å². The Labute approximate surface area is 121 Å². The molecule has 1 unspecified atom stereocenters. The molecular formula is C17H25NO2. The predicted molar refractivity (Wildman–Crippen MR) is 81.1 cm³/mol. The third-order valence-electron chi connectivity index (χ3n) is 3.79. The smallest absolute Gasteiger partial charge is 0.251 e. The molecule has 1 amide bonds. The van der Waals surface area contributed by atoms with E-state index in [-0.39, 0.29) is 11.3 Å². The van der Waals surface area contributed by atoms with Gasteiger partial charge in [-0.3, -0.25) is 4.79 Å². The Morgan fingerprint density at radius 2 is 2.00 bits per heavy atom. The molecule has 1 fully saturated rings. The molecule has 1 atom stereocenters. The SMILES string of the molecule is CC(C)(C)c1ccc(C(=O)NCCC2CCCO2)cc1. The lowest BCUT2D eigenvalue weighted by molar-refractivity contribution is 0.0907. The second kappa shape index (κ2) is 6.40. The molecule has 0 bridgehead atoms. The Morgan fingerprint density at radius 3 is 2.55 bits per heavy atom. The summed E-state index contributed by atoms with van der Waals surface area (Å²) in [6, 6.07) is 7.88. The maximum absolute atomic E-state index is 12.0. The van der Waals surface area contributed by atoms with Crippen molar-refractivity contribution in [3.05, 3.63) is 35.4 Å². The molecule has 1 heterocycles. The first-order chi connectivity index (χ1) is 9.47. The average Bonchev–Trinajstić information content (AvgIpc) is 2.91. The van der Waals surface area contributed by atoms with Crippen LogP contribution < -0.4 is 5.32 Å². The van der Waals surface area contributed by atoms with Crippen molar-refractivity contribution in [3.8, 4) is 0 Å². The van der Waals surface area contributed by atoms with Crippen molar-refractivity contribution in [2.45, 2.75) is 51.6 Å². The van der Waals surface area contributed by atoms with E-state index in [0.29, 0.717) is 12.6 Å². The zero-order chi connectivity index (χ0) is 14.6. The zero-order valence-corrected chi connectivity index (χ0v) is 12.7. The summed E-state index contributed by atoms with van der Waals surface area (Å²) in [4.78, 5) is 12.0. The summed E-state index contributed by atoms with van der Waals surface area (Å²) >= 11 is 0. The van der Waals surface area contributed by atoms with Crippen LogP contribution in [0.4, 0.5) is 0 Å². The van der Waals surface area contributed by atoms with E-state index < -0.39 is 0 Å². The van der Waals surface area contributed by atoms with Gasteiger partial charge in [0.15, 0.2) is 0 Å². The molecule has 0 spiro atoms. The Kier molecular flexibility index (Phi) is 4.81. The number of hydrogen-bond acceptors (Lipinski definition) is 2. The Hall–Kier alpha value is -1.35. The number of benzene rings is 1. The fraction of sp³-hybridized carbons (Fsp3) is 0.588. The second-order valence-corrected chi connectivity index (χ2v) is 6.51. The van der Waals surface area contributed by atoms with E-state index in [2.05, 4.69) is 26.1 Å². The molecule has 0 aliphatic carbocycles. The van der Waals surface area contributed by atoms with Crippen LogP contribution >= 0.6 is 0 Å². The quantitative estimate of drug-likeness (QED) is 0.915. The predicted octanol–water partition coefficient (Wildman–Crippen LogP) is 3.28. The summed E-state index contributed by atoms with van der Waals surface area (Å²) < 4.78 is 5.54. The van der Waals surface area contributed by atoms with Crippen molar-refractivity contribution in [1.82, 2.24) is 5.32 Å². The van der Waals surface area contributed by atoms with Crippen molar-refractivity contribution in [2.24, 2.45) is 0 Å². The molecule has 0 aromatic heterocycles. The molecule has 110 valence electrons. The molecule has 3 heteroatoms. The molecule has 0 radical (unpaired) electrons. The number of amides is 1. The first-order valence-electron chi connectivity index (χ1n) is 7.47. The lowest BCUT2D eigenvalue weighted by Crippen LogP contribution is -2.27. The Bertz CT molecular complexity index is 439. The van der Waals surface area contributed by atoms with Crippen molar-refractivity contribution in [1.29, 1.82) is 0 Å². The van der Waals surface area contributed by atoms with Crippen LogP contribution in [0.1, 0.15) is 56.0 Å². The monoisotopic (exact) mass is 275 g/mol. The van der Waals surface area contributed by atoms with E-state index in [1.807, 2.05) is 24.3 Å². The van der Waals surface area contributed by atoms with Gasteiger partial charge in [0, 0.05) is 18.7 Å². The third kappa shape index (κ3) is 4.07. The number of hydrogen-bond donors (Lipinski definition) is 1. The molecule has 1 N–H and O–H groups in total. The highest BCUT2D eigenvalue weighted by molar-refractivity contribution is 5.94. The van der Waals surface area contributed by atoms with Crippen molar-refractivity contribution in [2.75, 3.05) is 13.2 Å². The van der Waals surface area contributed by atoms with E-state index >= 15 is 0 Å². The molecule has 20 heavy (non-hydrogen) atoms. The van der Waals surface area contributed by atoms with Crippen LogP contribution in [0, 0.1) is 0 Å². The summed E-state index contributed by atoms with van der Waals surface area (Å²) in [7, 11) is 0. The number of carbonyl (C=O) groups excluding carboxylic acids is 1. The fourth-order valence-corrected chi connectivity index (χ4v) is 2.44. The van der Waals surface area contributed by atoms with E-state index in [1.54, 1.807) is 0 Å². The average molecular weight is 275 g/mol. The molecular weight excluding hydrogens is 250 g/mol. The van der Waals surface area contributed by atoms with Crippen LogP contribution in [-0.2, 0) is 10.2 Å². The minimum absolute atomic E-state index is 0.00320. The number of rotatable bonds is 4. The standard InChI is InChI=1S/C17H25NO2/c1-17(2,3)14-8-6-13(7-9-14)16(19)18-11-10-15-5-4-12-20-15/h6-9,15H,4-5,10-12H2,1-3H3,(H,18,19). The zero-order valence-electron chi connectivity index (χ0n) is 12.7. The summed E-state index contributed by atoms with van der Waals surface area (Å²) in [5.41, 5.74) is 2.09. The maximum atomic E-state index is 12.0.